The first-order valence-corrected chi connectivity index (χ1v) is 4.80. The summed E-state index contributed by atoms with van der Waals surface area (Å²) < 4.78 is 5.21. The Bertz CT molecular complexity index is 396. The summed E-state index contributed by atoms with van der Waals surface area (Å²) in [6.45, 7) is 0. The van der Waals surface area contributed by atoms with Gasteiger partial charge in [0.15, 0.2) is 5.62 Å². The van der Waals surface area contributed by atoms with Gasteiger partial charge in [0, 0.05) is 11.8 Å². The van der Waals surface area contributed by atoms with Crippen LogP contribution in [0.4, 0.5) is 11.4 Å². The van der Waals surface area contributed by atoms with Crippen molar-refractivity contribution in [3.8, 4) is 5.75 Å². The van der Waals surface area contributed by atoms with E-state index in [9.17, 15) is 0 Å². The summed E-state index contributed by atoms with van der Waals surface area (Å²) in [6.07, 6.45) is 1.60. The molecule has 1 aliphatic heterocycles. The molecule has 5 nitrogen and oxygen atoms in total. The second-order valence-corrected chi connectivity index (χ2v) is 3.44. The maximum Gasteiger partial charge on any atom is 0.193 e. The maximum atomic E-state index is 5.77. The van der Waals surface area contributed by atoms with Crippen LogP contribution in [0.5, 0.6) is 5.75 Å². The van der Waals surface area contributed by atoms with Crippen LogP contribution in [0, 0.1) is 0 Å². The molecule has 0 spiro atoms. The topological polar surface area (TPSA) is 62.9 Å². The Balaban J connectivity index is 2.32. The molecule has 0 aliphatic carbocycles. The molecule has 80 valence electrons. The van der Waals surface area contributed by atoms with E-state index in [0.29, 0.717) is 11.4 Å². The van der Waals surface area contributed by atoms with Crippen LogP contribution >= 0.6 is 11.6 Å². The molecule has 1 aromatic carbocycles. The van der Waals surface area contributed by atoms with E-state index < -0.39 is 5.62 Å². The highest BCUT2D eigenvalue weighted by atomic mass is 35.5. The molecule has 3 N–H and O–H groups in total. The molecule has 0 radical (unpaired) electrons. The molecule has 0 fully saturated rings. The first-order valence-electron chi connectivity index (χ1n) is 4.37. The standard InChI is InChI=1S/C9H11ClN4O/c1-15-8-4-6(11)2-3-7(8)14-5-12-9(10)13-14/h2-5,9,13H,11H2,1H3. The molecule has 1 unspecified atom stereocenters. The van der Waals surface area contributed by atoms with Gasteiger partial charge in [0.1, 0.15) is 17.8 Å². The summed E-state index contributed by atoms with van der Waals surface area (Å²) in [7, 11) is 1.59. The summed E-state index contributed by atoms with van der Waals surface area (Å²) in [5.74, 6) is 0.666. The van der Waals surface area contributed by atoms with Gasteiger partial charge in [-0.1, -0.05) is 11.6 Å². The van der Waals surface area contributed by atoms with Crippen LogP contribution < -0.4 is 20.9 Å². The minimum absolute atomic E-state index is 0.438. The molecule has 0 saturated heterocycles. The van der Waals surface area contributed by atoms with Crippen molar-refractivity contribution in [2.45, 2.75) is 5.62 Å². The quantitative estimate of drug-likeness (QED) is 0.451. The lowest BCUT2D eigenvalue weighted by Crippen LogP contribution is -2.34. The average molecular weight is 227 g/mol. The van der Waals surface area contributed by atoms with Crippen LogP contribution in [0.15, 0.2) is 23.2 Å². The van der Waals surface area contributed by atoms with E-state index in [2.05, 4.69) is 10.4 Å². The molecule has 6 heteroatoms. The number of nitrogens with one attached hydrogen (secondary N) is 1. The minimum Gasteiger partial charge on any atom is -0.494 e. The smallest absolute Gasteiger partial charge is 0.193 e. The van der Waals surface area contributed by atoms with E-state index in [-0.39, 0.29) is 0 Å². The van der Waals surface area contributed by atoms with Crippen molar-refractivity contribution in [1.82, 2.24) is 5.43 Å². The van der Waals surface area contributed by atoms with Crippen LogP contribution in [-0.2, 0) is 0 Å². The lowest BCUT2D eigenvalue weighted by molar-refractivity contribution is 0.415. The second-order valence-electron chi connectivity index (χ2n) is 3.03. The van der Waals surface area contributed by atoms with Crippen molar-refractivity contribution in [2.24, 2.45) is 4.99 Å². The van der Waals surface area contributed by atoms with E-state index in [1.165, 1.54) is 0 Å². The van der Waals surface area contributed by atoms with Crippen molar-refractivity contribution in [3.63, 3.8) is 0 Å². The Morgan fingerprint density at radius 3 is 3.00 bits per heavy atom. The first kappa shape index (κ1) is 10.1. The molecule has 0 amide bonds. The van der Waals surface area contributed by atoms with Crippen molar-refractivity contribution < 1.29 is 4.74 Å². The van der Waals surface area contributed by atoms with Crippen LogP contribution in [0.3, 0.4) is 0 Å². The first-order chi connectivity index (χ1) is 7.20. The van der Waals surface area contributed by atoms with E-state index in [0.717, 1.165) is 5.69 Å². The number of halogens is 1. The number of aliphatic imine (C=N–C) groups is 1. The highest BCUT2D eigenvalue weighted by molar-refractivity contribution is 6.21. The number of anilines is 2. The predicted octanol–water partition coefficient (Wildman–Crippen LogP) is 1.15. The Labute approximate surface area is 92.5 Å². The Kier molecular flexibility index (Phi) is 2.66. The number of hydrogen-bond acceptors (Lipinski definition) is 5. The number of ether oxygens (including phenoxy) is 1. The molecule has 0 bridgehead atoms. The van der Waals surface area contributed by atoms with Gasteiger partial charge in [0.25, 0.3) is 0 Å². The number of nitrogens with zero attached hydrogens (tertiary/aromatic N) is 2. The van der Waals surface area contributed by atoms with Gasteiger partial charge in [-0.3, -0.25) is 5.01 Å². The normalized spacial score (nSPS) is 19.6. The van der Waals surface area contributed by atoms with Gasteiger partial charge >= 0.3 is 0 Å². The predicted molar refractivity (Wildman–Crippen MR) is 61.2 cm³/mol. The molecule has 15 heavy (non-hydrogen) atoms. The molecule has 0 saturated carbocycles. The number of methoxy groups -OCH3 is 1. The van der Waals surface area contributed by atoms with Gasteiger partial charge in [-0.25, -0.2) is 4.99 Å². The second kappa shape index (κ2) is 3.96. The molecule has 2 rings (SSSR count). The Hall–Kier alpha value is -1.46. The van der Waals surface area contributed by atoms with Crippen molar-refractivity contribution >= 4 is 29.3 Å². The van der Waals surface area contributed by atoms with E-state index >= 15 is 0 Å². The van der Waals surface area contributed by atoms with Crippen molar-refractivity contribution in [3.05, 3.63) is 18.2 Å². The number of hydrazine groups is 1. The van der Waals surface area contributed by atoms with Gasteiger partial charge in [-0.05, 0) is 12.1 Å². The van der Waals surface area contributed by atoms with Crippen molar-refractivity contribution in [1.29, 1.82) is 0 Å². The van der Waals surface area contributed by atoms with Crippen LogP contribution in [-0.4, -0.2) is 19.1 Å². The summed E-state index contributed by atoms with van der Waals surface area (Å²) in [5, 5.41) is 1.69. The molecule has 1 atom stereocenters. The summed E-state index contributed by atoms with van der Waals surface area (Å²) in [6, 6.07) is 5.36. The molecule has 1 heterocycles. The van der Waals surface area contributed by atoms with Crippen LogP contribution in [0.1, 0.15) is 0 Å². The van der Waals surface area contributed by atoms with Gasteiger partial charge in [-0.15, -0.1) is 0 Å². The Morgan fingerprint density at radius 2 is 2.40 bits per heavy atom. The molecule has 1 aliphatic rings. The largest absolute Gasteiger partial charge is 0.494 e. The number of benzene rings is 1. The lowest BCUT2D eigenvalue weighted by atomic mass is 10.2. The number of nitrogen functional groups attached to an aromatic ring is 1. The fourth-order valence-corrected chi connectivity index (χ4v) is 1.49. The van der Waals surface area contributed by atoms with Crippen LogP contribution in [0.25, 0.3) is 0 Å². The third-order valence-electron chi connectivity index (χ3n) is 2.02. The van der Waals surface area contributed by atoms with Crippen molar-refractivity contribution in [2.75, 3.05) is 17.9 Å². The maximum absolute atomic E-state index is 5.77. The average Bonchev–Trinajstić information content (AvgIpc) is 2.64. The summed E-state index contributed by atoms with van der Waals surface area (Å²) >= 11 is 5.77. The number of rotatable bonds is 2. The highest BCUT2D eigenvalue weighted by Crippen LogP contribution is 2.29. The van der Waals surface area contributed by atoms with Gasteiger partial charge < -0.3 is 10.5 Å². The number of hydrogen-bond donors (Lipinski definition) is 2. The van der Waals surface area contributed by atoms with E-state index in [1.54, 1.807) is 30.6 Å². The van der Waals surface area contributed by atoms with Crippen LogP contribution in [0.2, 0.25) is 0 Å². The third kappa shape index (κ3) is 1.98. The zero-order valence-corrected chi connectivity index (χ0v) is 8.90. The SMILES string of the molecule is COc1cc(N)ccc1N1C=NC(Cl)N1. The highest BCUT2D eigenvalue weighted by Gasteiger charge is 2.18. The molecular formula is C9H11ClN4O. The zero-order chi connectivity index (χ0) is 10.8. The third-order valence-corrected chi connectivity index (χ3v) is 2.23. The minimum atomic E-state index is -0.438. The number of nitrogens with two attached hydrogens (primary N) is 1. The van der Waals surface area contributed by atoms with Gasteiger partial charge in [0.2, 0.25) is 0 Å². The van der Waals surface area contributed by atoms with E-state index in [1.807, 2.05) is 6.07 Å². The Morgan fingerprint density at radius 1 is 1.60 bits per heavy atom. The van der Waals surface area contributed by atoms with Gasteiger partial charge in [0.05, 0.1) is 7.11 Å². The van der Waals surface area contributed by atoms with E-state index in [4.69, 9.17) is 22.1 Å². The molecule has 0 aromatic heterocycles. The number of alkyl halides is 1. The zero-order valence-electron chi connectivity index (χ0n) is 8.14. The summed E-state index contributed by atoms with van der Waals surface area (Å²) in [4.78, 5) is 3.96. The fraction of sp³-hybridized carbons (Fsp3) is 0.222. The lowest BCUT2D eigenvalue weighted by Gasteiger charge is -2.18. The molecular weight excluding hydrogens is 216 g/mol. The fourth-order valence-electron chi connectivity index (χ4n) is 1.33. The molecule has 1 aromatic rings. The monoisotopic (exact) mass is 226 g/mol. The van der Waals surface area contributed by atoms with Gasteiger partial charge in [-0.2, -0.15) is 5.43 Å². The summed E-state index contributed by atoms with van der Waals surface area (Å²) in [5.41, 5.74) is 9.60.